The molecule has 1 aromatic rings. The van der Waals surface area contributed by atoms with Crippen LogP contribution in [0.25, 0.3) is 0 Å². The Morgan fingerprint density at radius 2 is 0.938 bits per heavy atom. The molecule has 0 atom stereocenters. The molecule has 0 bridgehead atoms. The van der Waals surface area contributed by atoms with E-state index in [4.69, 9.17) is 8.85 Å². The quantitative estimate of drug-likeness (QED) is 0.763. The third-order valence-electron chi connectivity index (χ3n) is 3.30. The Hall–Kier alpha value is -0.426. The highest BCUT2D eigenvalue weighted by Gasteiger charge is 2.26. The maximum atomic E-state index is 5.59. The van der Waals surface area contributed by atoms with Crippen LogP contribution in [-0.4, -0.2) is 30.9 Å². The summed E-state index contributed by atoms with van der Waals surface area (Å²) in [5.74, 6) is 0. The molecule has 0 saturated carbocycles. The molecule has 0 saturated heterocycles. The zero-order valence-corrected chi connectivity index (χ0v) is 13.1. The molecular formula is C12H22O2Si2. The molecule has 0 aliphatic carbocycles. The molecule has 1 aromatic carbocycles. The molecule has 16 heavy (non-hydrogen) atoms. The van der Waals surface area contributed by atoms with Crippen molar-refractivity contribution in [3.8, 4) is 0 Å². The summed E-state index contributed by atoms with van der Waals surface area (Å²) in [6, 6.07) is 8.77. The highest BCUT2D eigenvalue weighted by molar-refractivity contribution is 6.85. The topological polar surface area (TPSA) is 18.5 Å². The van der Waals surface area contributed by atoms with Gasteiger partial charge < -0.3 is 8.85 Å². The average molecular weight is 254 g/mol. The van der Waals surface area contributed by atoms with E-state index in [-0.39, 0.29) is 0 Å². The third-order valence-corrected chi connectivity index (χ3v) is 8.78. The van der Waals surface area contributed by atoms with Gasteiger partial charge in [0.2, 0.25) is 16.6 Å². The molecule has 0 aliphatic heterocycles. The van der Waals surface area contributed by atoms with E-state index in [1.807, 2.05) is 0 Å². The fourth-order valence-electron chi connectivity index (χ4n) is 1.51. The van der Waals surface area contributed by atoms with Crippen molar-refractivity contribution in [3.63, 3.8) is 0 Å². The number of hydrogen-bond donors (Lipinski definition) is 0. The molecule has 0 N–H and O–H groups in total. The Labute approximate surface area is 101 Å². The van der Waals surface area contributed by atoms with Crippen molar-refractivity contribution >= 4 is 27.0 Å². The lowest BCUT2D eigenvalue weighted by molar-refractivity contribution is 0.415. The fraction of sp³-hybridized carbons (Fsp3) is 0.500. The molecule has 0 unspecified atom stereocenters. The third kappa shape index (κ3) is 2.82. The van der Waals surface area contributed by atoms with Crippen LogP contribution in [0.1, 0.15) is 0 Å². The van der Waals surface area contributed by atoms with Gasteiger partial charge >= 0.3 is 0 Å². The average Bonchev–Trinajstić information content (AvgIpc) is 2.29. The van der Waals surface area contributed by atoms with Crippen LogP contribution < -0.4 is 10.4 Å². The molecule has 0 spiro atoms. The summed E-state index contributed by atoms with van der Waals surface area (Å²) in [5, 5.41) is 2.67. The van der Waals surface area contributed by atoms with Gasteiger partial charge in [0.15, 0.2) is 0 Å². The van der Waals surface area contributed by atoms with Crippen molar-refractivity contribution in [2.75, 3.05) is 14.2 Å². The second kappa shape index (κ2) is 4.83. The Balaban J connectivity index is 3.00. The van der Waals surface area contributed by atoms with E-state index in [1.54, 1.807) is 14.2 Å². The van der Waals surface area contributed by atoms with Gasteiger partial charge in [0.25, 0.3) is 0 Å². The molecule has 1 rings (SSSR count). The van der Waals surface area contributed by atoms with Crippen molar-refractivity contribution in [2.24, 2.45) is 0 Å². The van der Waals surface area contributed by atoms with Crippen LogP contribution in [0.3, 0.4) is 0 Å². The monoisotopic (exact) mass is 254 g/mol. The summed E-state index contributed by atoms with van der Waals surface area (Å²) in [4.78, 5) is 0. The molecule has 90 valence electrons. The molecule has 0 aliphatic rings. The Morgan fingerprint density at radius 3 is 1.12 bits per heavy atom. The molecular weight excluding hydrogens is 232 g/mol. The minimum atomic E-state index is -1.67. The van der Waals surface area contributed by atoms with Gasteiger partial charge in [-0.05, 0) is 36.6 Å². The minimum absolute atomic E-state index is 1.33. The van der Waals surface area contributed by atoms with Gasteiger partial charge in [0.05, 0.1) is 0 Å². The first kappa shape index (κ1) is 13.6. The predicted octanol–water partition coefficient (Wildman–Crippen LogP) is 1.80. The number of benzene rings is 1. The van der Waals surface area contributed by atoms with Crippen LogP contribution in [0.4, 0.5) is 0 Å². The smallest absolute Gasteiger partial charge is 0.217 e. The van der Waals surface area contributed by atoms with Crippen molar-refractivity contribution in [3.05, 3.63) is 24.3 Å². The second-order valence-electron chi connectivity index (χ2n) is 5.01. The Kier molecular flexibility index (Phi) is 4.12. The van der Waals surface area contributed by atoms with Gasteiger partial charge in [-0.2, -0.15) is 0 Å². The zero-order chi connectivity index (χ0) is 12.4. The van der Waals surface area contributed by atoms with Crippen molar-refractivity contribution in [1.29, 1.82) is 0 Å². The summed E-state index contributed by atoms with van der Waals surface area (Å²) in [7, 11) is 0.257. The first-order valence-electron chi connectivity index (χ1n) is 5.55. The summed E-state index contributed by atoms with van der Waals surface area (Å²) in [6.07, 6.45) is 0. The van der Waals surface area contributed by atoms with Crippen molar-refractivity contribution in [2.45, 2.75) is 26.2 Å². The van der Waals surface area contributed by atoms with Gasteiger partial charge in [0, 0.05) is 14.2 Å². The van der Waals surface area contributed by atoms with Crippen LogP contribution >= 0.6 is 0 Å². The van der Waals surface area contributed by atoms with E-state index in [0.717, 1.165) is 0 Å². The number of hydrogen-bond acceptors (Lipinski definition) is 2. The molecule has 0 fully saturated rings. The van der Waals surface area contributed by atoms with Crippen LogP contribution in [-0.2, 0) is 8.85 Å². The highest BCUT2D eigenvalue weighted by atomic mass is 28.4. The van der Waals surface area contributed by atoms with E-state index in [0.29, 0.717) is 0 Å². The Morgan fingerprint density at radius 1 is 0.688 bits per heavy atom. The van der Waals surface area contributed by atoms with Crippen molar-refractivity contribution < 1.29 is 8.85 Å². The van der Waals surface area contributed by atoms with Crippen LogP contribution in [0.5, 0.6) is 0 Å². The van der Waals surface area contributed by atoms with Gasteiger partial charge in [-0.25, -0.2) is 0 Å². The summed E-state index contributed by atoms with van der Waals surface area (Å²) in [6.45, 7) is 8.84. The maximum absolute atomic E-state index is 5.59. The predicted molar refractivity (Wildman–Crippen MR) is 74.7 cm³/mol. The molecule has 2 nitrogen and oxygen atoms in total. The number of rotatable bonds is 4. The molecule has 0 heterocycles. The van der Waals surface area contributed by atoms with Gasteiger partial charge in [-0.3, -0.25) is 0 Å². The maximum Gasteiger partial charge on any atom is 0.217 e. The summed E-state index contributed by atoms with van der Waals surface area (Å²) in [5.41, 5.74) is 0. The normalized spacial score (nSPS) is 12.9. The standard InChI is InChI=1S/C12H22O2Si2/c1-13-15(3,4)11-7-9-12(10-8-11)16(5,6)14-2/h7-10H,1-6H3. The van der Waals surface area contributed by atoms with Crippen LogP contribution in [0.15, 0.2) is 24.3 Å². The zero-order valence-electron chi connectivity index (χ0n) is 11.1. The first-order valence-corrected chi connectivity index (χ1v) is 11.4. The lowest BCUT2D eigenvalue weighted by atomic mass is 10.4. The summed E-state index contributed by atoms with van der Waals surface area (Å²) >= 11 is 0. The van der Waals surface area contributed by atoms with E-state index in [9.17, 15) is 0 Å². The van der Waals surface area contributed by atoms with Gasteiger partial charge in [0.1, 0.15) is 0 Å². The second-order valence-corrected chi connectivity index (χ2v) is 13.0. The van der Waals surface area contributed by atoms with Gasteiger partial charge in [-0.1, -0.05) is 24.3 Å². The Bertz CT molecular complexity index is 310. The molecule has 4 heteroatoms. The highest BCUT2D eigenvalue weighted by Crippen LogP contribution is 2.06. The molecule has 0 aromatic heterocycles. The van der Waals surface area contributed by atoms with Crippen molar-refractivity contribution in [1.82, 2.24) is 0 Å². The van der Waals surface area contributed by atoms with E-state index in [1.165, 1.54) is 10.4 Å². The fourth-order valence-corrected chi connectivity index (χ4v) is 3.92. The van der Waals surface area contributed by atoms with E-state index in [2.05, 4.69) is 50.5 Å². The van der Waals surface area contributed by atoms with Crippen LogP contribution in [0.2, 0.25) is 26.2 Å². The lowest BCUT2D eigenvalue weighted by Gasteiger charge is -2.24. The summed E-state index contributed by atoms with van der Waals surface area (Å²) < 4.78 is 11.2. The minimum Gasteiger partial charge on any atom is -0.416 e. The molecule has 0 radical (unpaired) electrons. The largest absolute Gasteiger partial charge is 0.416 e. The first-order chi connectivity index (χ1) is 7.33. The molecule has 0 amide bonds. The van der Waals surface area contributed by atoms with E-state index >= 15 is 0 Å². The van der Waals surface area contributed by atoms with Crippen LogP contribution in [0, 0.1) is 0 Å². The SMILES string of the molecule is CO[Si](C)(C)c1ccc([Si](C)(C)OC)cc1. The van der Waals surface area contributed by atoms with E-state index < -0.39 is 16.6 Å². The van der Waals surface area contributed by atoms with Gasteiger partial charge in [-0.15, -0.1) is 0 Å². The lowest BCUT2D eigenvalue weighted by Crippen LogP contribution is -2.47.